The SMILES string of the molecule is Cc1cnc2nnc(C(F)C3=Cc4cc(C(C=NC5CN(C)C5)=CN)cnc4CC3C)n2n1. The molecule has 2 N–H and O–H groups in total. The van der Waals surface area contributed by atoms with Gasteiger partial charge in [-0.05, 0) is 43.5 Å². The first-order chi connectivity index (χ1) is 15.9. The van der Waals surface area contributed by atoms with Gasteiger partial charge in [-0.3, -0.25) is 9.98 Å². The average molecular weight is 448 g/mol. The van der Waals surface area contributed by atoms with E-state index in [0.717, 1.165) is 35.5 Å². The van der Waals surface area contributed by atoms with Crippen LogP contribution in [0.5, 0.6) is 0 Å². The van der Waals surface area contributed by atoms with Crippen molar-refractivity contribution in [1.29, 1.82) is 0 Å². The van der Waals surface area contributed by atoms with Crippen molar-refractivity contribution in [2.24, 2.45) is 16.6 Å². The number of aryl methyl sites for hydroxylation is 1. The standard InChI is InChI=1S/C23H26FN9/c1-13-4-20-15(5-16(9-27-20)17(7-25)10-26-18-11-32(3)12-18)6-19(13)21(24)22-29-30-23-28-8-14(2)31-33(22)23/h5-10,13,18,21H,4,11-12,25H2,1-3H3. The molecule has 0 bridgehead atoms. The number of nitrogens with zero attached hydrogens (tertiary/aromatic N) is 8. The van der Waals surface area contributed by atoms with Gasteiger partial charge in [0.05, 0.1) is 17.9 Å². The molecule has 0 aromatic carbocycles. The highest BCUT2D eigenvalue weighted by Crippen LogP contribution is 2.37. The summed E-state index contributed by atoms with van der Waals surface area (Å²) >= 11 is 0. The van der Waals surface area contributed by atoms with E-state index in [1.807, 2.05) is 19.1 Å². The van der Waals surface area contributed by atoms with E-state index >= 15 is 4.39 Å². The summed E-state index contributed by atoms with van der Waals surface area (Å²) < 4.78 is 17.1. The van der Waals surface area contributed by atoms with Gasteiger partial charge in [-0.25, -0.2) is 9.37 Å². The topological polar surface area (TPSA) is 110 Å². The summed E-state index contributed by atoms with van der Waals surface area (Å²) in [7, 11) is 2.07. The monoisotopic (exact) mass is 447 g/mol. The summed E-state index contributed by atoms with van der Waals surface area (Å²) in [5, 5.41) is 12.3. The molecule has 0 amide bonds. The number of alkyl halides is 1. The van der Waals surface area contributed by atoms with Crippen molar-refractivity contribution >= 4 is 23.6 Å². The van der Waals surface area contributed by atoms with E-state index in [4.69, 9.17) is 5.73 Å². The zero-order chi connectivity index (χ0) is 23.1. The quantitative estimate of drug-likeness (QED) is 0.597. The normalized spacial score (nSPS) is 20.7. The molecule has 5 rings (SSSR count). The largest absolute Gasteiger partial charge is 0.404 e. The van der Waals surface area contributed by atoms with Gasteiger partial charge in [-0.15, -0.1) is 10.2 Å². The first-order valence-electron chi connectivity index (χ1n) is 11.0. The number of fused-ring (bicyclic) bond motifs is 2. The van der Waals surface area contributed by atoms with E-state index < -0.39 is 6.17 Å². The molecule has 9 nitrogen and oxygen atoms in total. The Kier molecular flexibility index (Phi) is 5.45. The van der Waals surface area contributed by atoms with E-state index in [2.05, 4.69) is 42.2 Å². The minimum atomic E-state index is -1.45. The average Bonchev–Trinajstić information content (AvgIpc) is 3.20. The number of likely N-dealkylation sites (N-methyl/N-ethyl adjacent to an activating group) is 1. The minimum Gasteiger partial charge on any atom is -0.404 e. The van der Waals surface area contributed by atoms with Crippen LogP contribution in [0.15, 0.2) is 35.2 Å². The fourth-order valence-electron chi connectivity index (χ4n) is 4.28. The maximum absolute atomic E-state index is 15.7. The van der Waals surface area contributed by atoms with Gasteiger partial charge in [0.1, 0.15) is 0 Å². The van der Waals surface area contributed by atoms with E-state index in [9.17, 15) is 0 Å². The molecule has 0 radical (unpaired) electrons. The fourth-order valence-corrected chi connectivity index (χ4v) is 4.28. The van der Waals surface area contributed by atoms with Gasteiger partial charge >= 0.3 is 0 Å². The van der Waals surface area contributed by atoms with E-state index in [1.54, 1.807) is 25.5 Å². The zero-order valence-electron chi connectivity index (χ0n) is 18.9. The number of hydrogen-bond donors (Lipinski definition) is 1. The van der Waals surface area contributed by atoms with Crippen LogP contribution >= 0.6 is 0 Å². The first kappa shape index (κ1) is 21.3. The van der Waals surface area contributed by atoms with Gasteiger partial charge in [0, 0.05) is 48.5 Å². The van der Waals surface area contributed by atoms with Crippen LogP contribution in [-0.2, 0) is 6.42 Å². The van der Waals surface area contributed by atoms with Crippen molar-refractivity contribution in [3.63, 3.8) is 0 Å². The maximum Gasteiger partial charge on any atom is 0.272 e. The second-order valence-corrected chi connectivity index (χ2v) is 8.82. The lowest BCUT2D eigenvalue weighted by Gasteiger charge is -2.33. The lowest BCUT2D eigenvalue weighted by atomic mass is 9.84. The van der Waals surface area contributed by atoms with Gasteiger partial charge in [0.15, 0.2) is 12.0 Å². The second-order valence-electron chi connectivity index (χ2n) is 8.82. The smallest absolute Gasteiger partial charge is 0.272 e. The number of aromatic nitrogens is 6. The van der Waals surface area contributed by atoms with Crippen LogP contribution in [0, 0.1) is 12.8 Å². The maximum atomic E-state index is 15.7. The van der Waals surface area contributed by atoms with Crippen molar-refractivity contribution in [2.75, 3.05) is 20.1 Å². The summed E-state index contributed by atoms with van der Waals surface area (Å²) in [6.07, 6.45) is 7.77. The van der Waals surface area contributed by atoms with Gasteiger partial charge < -0.3 is 10.6 Å². The fraction of sp³-hybridized carbons (Fsp3) is 0.391. The number of rotatable bonds is 5. The molecule has 2 unspecified atom stereocenters. The zero-order valence-corrected chi connectivity index (χ0v) is 18.9. The number of pyridine rings is 1. The predicted octanol–water partition coefficient (Wildman–Crippen LogP) is 2.19. The van der Waals surface area contributed by atoms with Gasteiger partial charge in [-0.2, -0.15) is 9.61 Å². The summed E-state index contributed by atoms with van der Waals surface area (Å²) in [4.78, 5) is 15.6. The summed E-state index contributed by atoms with van der Waals surface area (Å²) in [6.45, 7) is 5.68. The van der Waals surface area contributed by atoms with Crippen molar-refractivity contribution in [3.05, 3.63) is 58.6 Å². The van der Waals surface area contributed by atoms with Crippen LogP contribution in [0.1, 0.15) is 41.4 Å². The molecule has 0 saturated carbocycles. The third-order valence-electron chi connectivity index (χ3n) is 6.17. The number of hydrogen-bond acceptors (Lipinski definition) is 8. The summed E-state index contributed by atoms with van der Waals surface area (Å²) in [6, 6.07) is 2.28. The number of likely N-dealkylation sites (tertiary alicyclic amines) is 1. The van der Waals surface area contributed by atoms with Gasteiger partial charge in [0.25, 0.3) is 5.78 Å². The molecule has 33 heavy (non-hydrogen) atoms. The van der Waals surface area contributed by atoms with Crippen LogP contribution in [0.25, 0.3) is 17.4 Å². The van der Waals surface area contributed by atoms with Crippen LogP contribution < -0.4 is 5.73 Å². The number of aliphatic imine (C=N–C) groups is 1. The van der Waals surface area contributed by atoms with Gasteiger partial charge in [-0.1, -0.05) is 13.0 Å². The molecule has 1 aliphatic carbocycles. The highest BCUT2D eigenvalue weighted by Gasteiger charge is 2.30. The third kappa shape index (κ3) is 4.02. The molecule has 4 heterocycles. The Bertz CT molecular complexity index is 1290. The highest BCUT2D eigenvalue weighted by atomic mass is 19.1. The molecule has 3 aromatic heterocycles. The van der Waals surface area contributed by atoms with Crippen molar-refractivity contribution in [1.82, 2.24) is 34.7 Å². The van der Waals surface area contributed by atoms with Crippen molar-refractivity contribution in [2.45, 2.75) is 32.5 Å². The van der Waals surface area contributed by atoms with Gasteiger partial charge in [0.2, 0.25) is 0 Å². The molecular weight excluding hydrogens is 421 g/mol. The molecule has 1 aliphatic heterocycles. The first-order valence-corrected chi connectivity index (χ1v) is 11.0. The molecule has 0 spiro atoms. The number of nitrogens with two attached hydrogens (primary N) is 1. The molecular formula is C23H26FN9. The number of halogens is 1. The van der Waals surface area contributed by atoms with Crippen LogP contribution in [-0.4, -0.2) is 67.1 Å². The third-order valence-corrected chi connectivity index (χ3v) is 6.17. The Hall–Kier alpha value is -3.53. The van der Waals surface area contributed by atoms with Crippen molar-refractivity contribution < 1.29 is 4.39 Å². The van der Waals surface area contributed by atoms with Crippen molar-refractivity contribution in [3.8, 4) is 0 Å². The molecule has 1 saturated heterocycles. The molecule has 10 heteroatoms. The Labute approximate surface area is 191 Å². The highest BCUT2D eigenvalue weighted by molar-refractivity contribution is 6.09. The molecule has 2 aliphatic rings. The summed E-state index contributed by atoms with van der Waals surface area (Å²) in [5.74, 6) is 0.367. The van der Waals surface area contributed by atoms with Crippen LogP contribution in [0.2, 0.25) is 0 Å². The molecule has 3 aromatic rings. The lowest BCUT2D eigenvalue weighted by Crippen LogP contribution is -2.46. The summed E-state index contributed by atoms with van der Waals surface area (Å²) in [5.41, 5.74) is 10.6. The molecule has 1 fully saturated rings. The molecule has 2 atom stereocenters. The van der Waals surface area contributed by atoms with Crippen LogP contribution in [0.3, 0.4) is 0 Å². The Morgan fingerprint density at radius 2 is 2.09 bits per heavy atom. The van der Waals surface area contributed by atoms with E-state index in [1.165, 1.54) is 10.7 Å². The second kappa shape index (κ2) is 8.43. The predicted molar refractivity (Wildman–Crippen MR) is 124 cm³/mol. The van der Waals surface area contributed by atoms with Crippen LogP contribution in [0.4, 0.5) is 4.39 Å². The Morgan fingerprint density at radius 3 is 2.85 bits per heavy atom. The lowest BCUT2D eigenvalue weighted by molar-refractivity contribution is 0.194. The van der Waals surface area contributed by atoms with E-state index in [0.29, 0.717) is 23.7 Å². The Balaban J connectivity index is 1.46. The number of allylic oxidation sites excluding steroid dienone is 2. The van der Waals surface area contributed by atoms with E-state index in [-0.39, 0.29) is 17.5 Å². The Morgan fingerprint density at radius 1 is 1.27 bits per heavy atom. The minimum absolute atomic E-state index is 0.0438. The molecule has 170 valence electrons.